The van der Waals surface area contributed by atoms with Crippen molar-refractivity contribution in [1.82, 2.24) is 5.32 Å². The second kappa shape index (κ2) is 5.76. The molecule has 0 saturated carbocycles. The minimum Gasteiger partial charge on any atom is -0.457 e. The van der Waals surface area contributed by atoms with E-state index in [-0.39, 0.29) is 0 Å². The SMILES string of the molecule is c1ccc(Oc2ccc(NCC3CNC3)cc2)cc1. The molecule has 98 valence electrons. The summed E-state index contributed by atoms with van der Waals surface area (Å²) in [4.78, 5) is 0. The highest BCUT2D eigenvalue weighted by Crippen LogP contribution is 2.22. The molecule has 0 aromatic heterocycles. The molecule has 19 heavy (non-hydrogen) atoms. The first-order chi connectivity index (χ1) is 9.40. The number of hydrogen-bond acceptors (Lipinski definition) is 3. The summed E-state index contributed by atoms with van der Waals surface area (Å²) in [5, 5.41) is 6.72. The van der Waals surface area contributed by atoms with Gasteiger partial charge < -0.3 is 15.4 Å². The Hall–Kier alpha value is -2.00. The Balaban J connectivity index is 1.56. The first-order valence-electron chi connectivity index (χ1n) is 6.68. The van der Waals surface area contributed by atoms with Gasteiger partial charge in [0.1, 0.15) is 11.5 Å². The van der Waals surface area contributed by atoms with E-state index in [4.69, 9.17) is 4.74 Å². The first-order valence-corrected chi connectivity index (χ1v) is 6.68. The fourth-order valence-electron chi connectivity index (χ4n) is 2.02. The number of benzene rings is 2. The van der Waals surface area contributed by atoms with Crippen LogP contribution in [0.2, 0.25) is 0 Å². The number of hydrogen-bond donors (Lipinski definition) is 2. The molecule has 0 radical (unpaired) electrons. The minimum absolute atomic E-state index is 0.764. The third-order valence-corrected chi connectivity index (χ3v) is 3.29. The van der Waals surface area contributed by atoms with Crippen molar-refractivity contribution in [3.63, 3.8) is 0 Å². The van der Waals surface area contributed by atoms with Crippen LogP contribution in [0.5, 0.6) is 11.5 Å². The molecule has 0 bridgehead atoms. The predicted molar refractivity (Wildman–Crippen MR) is 77.8 cm³/mol. The highest BCUT2D eigenvalue weighted by Gasteiger charge is 2.15. The molecule has 3 rings (SSSR count). The van der Waals surface area contributed by atoms with Crippen LogP contribution in [0, 0.1) is 5.92 Å². The normalized spacial score (nSPS) is 14.7. The van der Waals surface area contributed by atoms with Crippen LogP contribution in [0.3, 0.4) is 0 Å². The van der Waals surface area contributed by atoms with E-state index in [1.54, 1.807) is 0 Å². The maximum Gasteiger partial charge on any atom is 0.127 e. The maximum atomic E-state index is 5.75. The Labute approximate surface area is 113 Å². The summed E-state index contributed by atoms with van der Waals surface area (Å²) in [6.07, 6.45) is 0. The molecule has 1 aliphatic rings. The van der Waals surface area contributed by atoms with Gasteiger partial charge in [-0.2, -0.15) is 0 Å². The average molecular weight is 254 g/mol. The smallest absolute Gasteiger partial charge is 0.127 e. The van der Waals surface area contributed by atoms with Crippen LogP contribution in [0.15, 0.2) is 54.6 Å². The maximum absolute atomic E-state index is 5.75. The molecule has 3 heteroatoms. The summed E-state index contributed by atoms with van der Waals surface area (Å²) in [6.45, 7) is 3.29. The zero-order valence-electron chi connectivity index (χ0n) is 10.8. The second-order valence-corrected chi connectivity index (χ2v) is 4.84. The van der Waals surface area contributed by atoms with Crippen LogP contribution in [0.25, 0.3) is 0 Å². The summed E-state index contributed by atoms with van der Waals surface area (Å²) in [5.74, 6) is 2.49. The van der Waals surface area contributed by atoms with Crippen molar-refractivity contribution < 1.29 is 4.74 Å². The van der Waals surface area contributed by atoms with Crippen molar-refractivity contribution in [3.05, 3.63) is 54.6 Å². The van der Waals surface area contributed by atoms with Gasteiger partial charge in [-0.25, -0.2) is 0 Å². The standard InChI is InChI=1S/C16H18N2O/c1-2-4-15(5-3-1)19-16-8-6-14(7-9-16)18-12-13-10-17-11-13/h1-9,13,17-18H,10-12H2. The van der Waals surface area contributed by atoms with Gasteiger partial charge in [-0.1, -0.05) is 18.2 Å². The molecule has 0 spiro atoms. The Morgan fingerprint density at radius 3 is 2.26 bits per heavy atom. The van der Waals surface area contributed by atoms with Gasteiger partial charge in [0.15, 0.2) is 0 Å². The molecule has 0 amide bonds. The molecule has 1 saturated heterocycles. The fraction of sp³-hybridized carbons (Fsp3) is 0.250. The molecule has 1 aliphatic heterocycles. The minimum atomic E-state index is 0.764. The second-order valence-electron chi connectivity index (χ2n) is 4.84. The van der Waals surface area contributed by atoms with Crippen molar-refractivity contribution in [2.45, 2.75) is 0 Å². The number of nitrogens with one attached hydrogen (secondary N) is 2. The first kappa shape index (κ1) is 12.1. The quantitative estimate of drug-likeness (QED) is 0.860. The van der Waals surface area contributed by atoms with E-state index >= 15 is 0 Å². The Bertz CT molecular complexity index is 506. The van der Waals surface area contributed by atoms with Gasteiger partial charge in [0.25, 0.3) is 0 Å². The molecule has 3 nitrogen and oxygen atoms in total. The van der Waals surface area contributed by atoms with E-state index in [1.807, 2.05) is 42.5 Å². The fourth-order valence-corrected chi connectivity index (χ4v) is 2.02. The summed E-state index contributed by atoms with van der Waals surface area (Å²) >= 11 is 0. The molecule has 2 aromatic carbocycles. The molecule has 0 unspecified atom stereocenters. The van der Waals surface area contributed by atoms with Crippen molar-refractivity contribution in [2.75, 3.05) is 25.0 Å². The zero-order valence-corrected chi connectivity index (χ0v) is 10.8. The molecular formula is C16H18N2O. The zero-order chi connectivity index (χ0) is 12.9. The number of ether oxygens (including phenoxy) is 1. The molecule has 2 aromatic rings. The highest BCUT2D eigenvalue weighted by atomic mass is 16.5. The number of anilines is 1. The van der Waals surface area contributed by atoms with Crippen LogP contribution >= 0.6 is 0 Å². The number of rotatable bonds is 5. The van der Waals surface area contributed by atoms with E-state index in [1.165, 1.54) is 0 Å². The monoisotopic (exact) mass is 254 g/mol. The van der Waals surface area contributed by atoms with Gasteiger partial charge in [0.2, 0.25) is 0 Å². The Morgan fingerprint density at radius 2 is 1.63 bits per heavy atom. The lowest BCUT2D eigenvalue weighted by atomic mass is 10.0. The Morgan fingerprint density at radius 1 is 0.947 bits per heavy atom. The van der Waals surface area contributed by atoms with Crippen molar-refractivity contribution >= 4 is 5.69 Å². The van der Waals surface area contributed by atoms with Gasteiger partial charge in [-0.15, -0.1) is 0 Å². The summed E-state index contributed by atoms with van der Waals surface area (Å²) in [5.41, 5.74) is 1.15. The van der Waals surface area contributed by atoms with Crippen LogP contribution in [0.1, 0.15) is 0 Å². The predicted octanol–water partition coefficient (Wildman–Crippen LogP) is 3.11. The van der Waals surface area contributed by atoms with E-state index in [2.05, 4.69) is 22.8 Å². The van der Waals surface area contributed by atoms with Gasteiger partial charge in [0.05, 0.1) is 0 Å². The van der Waals surface area contributed by atoms with Crippen molar-refractivity contribution in [3.8, 4) is 11.5 Å². The van der Waals surface area contributed by atoms with E-state index in [0.29, 0.717) is 0 Å². The van der Waals surface area contributed by atoms with Gasteiger partial charge >= 0.3 is 0 Å². The molecular weight excluding hydrogens is 236 g/mol. The summed E-state index contributed by atoms with van der Waals surface area (Å²) in [6, 6.07) is 17.9. The third-order valence-electron chi connectivity index (χ3n) is 3.29. The summed E-state index contributed by atoms with van der Waals surface area (Å²) in [7, 11) is 0. The lowest BCUT2D eigenvalue weighted by Gasteiger charge is -2.27. The van der Waals surface area contributed by atoms with E-state index in [9.17, 15) is 0 Å². The molecule has 1 fully saturated rings. The molecule has 0 aliphatic carbocycles. The van der Waals surface area contributed by atoms with Gasteiger partial charge in [-0.05, 0) is 36.4 Å². The number of para-hydroxylation sites is 1. The Kier molecular flexibility index (Phi) is 3.65. The van der Waals surface area contributed by atoms with E-state index < -0.39 is 0 Å². The third kappa shape index (κ3) is 3.26. The van der Waals surface area contributed by atoms with Crippen molar-refractivity contribution in [1.29, 1.82) is 0 Å². The average Bonchev–Trinajstić information content (AvgIpc) is 2.40. The van der Waals surface area contributed by atoms with Crippen LogP contribution < -0.4 is 15.4 Å². The van der Waals surface area contributed by atoms with Gasteiger partial charge in [-0.3, -0.25) is 0 Å². The summed E-state index contributed by atoms with van der Waals surface area (Å²) < 4.78 is 5.75. The lowest BCUT2D eigenvalue weighted by Crippen LogP contribution is -2.45. The lowest BCUT2D eigenvalue weighted by molar-refractivity contribution is 0.365. The highest BCUT2D eigenvalue weighted by molar-refractivity contribution is 5.47. The van der Waals surface area contributed by atoms with Crippen LogP contribution in [0.4, 0.5) is 5.69 Å². The van der Waals surface area contributed by atoms with E-state index in [0.717, 1.165) is 42.7 Å². The molecule has 0 atom stereocenters. The largest absolute Gasteiger partial charge is 0.457 e. The topological polar surface area (TPSA) is 33.3 Å². The molecule has 1 heterocycles. The van der Waals surface area contributed by atoms with Gasteiger partial charge in [0, 0.05) is 31.2 Å². The van der Waals surface area contributed by atoms with Crippen LogP contribution in [-0.4, -0.2) is 19.6 Å². The van der Waals surface area contributed by atoms with Crippen molar-refractivity contribution in [2.24, 2.45) is 5.92 Å². The van der Waals surface area contributed by atoms with Crippen LogP contribution in [-0.2, 0) is 0 Å². The molecule has 2 N–H and O–H groups in total.